The Balaban J connectivity index is 4.58. The largest absolute Gasteiger partial charge is 0.355 e. The van der Waals surface area contributed by atoms with Gasteiger partial charge >= 0.3 is 0 Å². The summed E-state index contributed by atoms with van der Waals surface area (Å²) in [5.74, 6) is -0.150. The van der Waals surface area contributed by atoms with Crippen LogP contribution in [0, 0.1) is 28.1 Å². The molecule has 20 heavy (non-hydrogen) atoms. The zero-order valence-electron chi connectivity index (χ0n) is 12.9. The predicted octanol–water partition coefficient (Wildman–Crippen LogP) is 3.69. The highest BCUT2D eigenvalue weighted by molar-refractivity contribution is 5.85. The molecule has 0 aliphatic rings. The number of nitriles is 2. The highest BCUT2D eigenvalue weighted by Gasteiger charge is 2.37. The number of carbonyl (C=O) groups excluding carboxylic acids is 1. The molecule has 0 bridgehead atoms. The molecule has 0 aliphatic carbocycles. The van der Waals surface area contributed by atoms with E-state index in [2.05, 4.69) is 31.3 Å². The van der Waals surface area contributed by atoms with Gasteiger partial charge in [0.2, 0.25) is 5.91 Å². The van der Waals surface area contributed by atoms with Crippen molar-refractivity contribution in [2.75, 3.05) is 6.54 Å². The molecular weight excluding hydrogens is 250 g/mol. The zero-order chi connectivity index (χ0) is 15.3. The van der Waals surface area contributed by atoms with Gasteiger partial charge in [-0.1, -0.05) is 46.0 Å². The Hall–Kier alpha value is -1.55. The van der Waals surface area contributed by atoms with E-state index in [1.807, 2.05) is 0 Å². The lowest BCUT2D eigenvalue weighted by Crippen LogP contribution is -2.40. The van der Waals surface area contributed by atoms with E-state index in [4.69, 9.17) is 5.26 Å². The minimum atomic E-state index is -0.877. The van der Waals surface area contributed by atoms with Crippen molar-refractivity contribution in [3.63, 3.8) is 0 Å². The number of nitrogens with zero attached hydrogens (tertiary/aromatic N) is 2. The second-order valence-electron chi connectivity index (χ2n) is 5.27. The molecule has 0 aliphatic heterocycles. The van der Waals surface area contributed by atoms with Crippen molar-refractivity contribution in [3.05, 3.63) is 0 Å². The average molecular weight is 277 g/mol. The molecule has 0 aromatic carbocycles. The van der Waals surface area contributed by atoms with Gasteiger partial charge in [0.1, 0.15) is 5.41 Å². The number of rotatable bonds is 11. The molecule has 0 radical (unpaired) electrons. The van der Waals surface area contributed by atoms with Crippen molar-refractivity contribution in [3.8, 4) is 12.1 Å². The van der Waals surface area contributed by atoms with Crippen LogP contribution in [0.1, 0.15) is 71.6 Å². The van der Waals surface area contributed by atoms with Gasteiger partial charge < -0.3 is 5.32 Å². The second kappa shape index (κ2) is 11.3. The molecule has 0 heterocycles. The monoisotopic (exact) mass is 277 g/mol. The van der Waals surface area contributed by atoms with E-state index in [0.29, 0.717) is 32.2 Å². The first-order valence-corrected chi connectivity index (χ1v) is 7.73. The Morgan fingerprint density at radius 2 is 1.70 bits per heavy atom. The van der Waals surface area contributed by atoms with Gasteiger partial charge in [-0.2, -0.15) is 10.5 Å². The fourth-order valence-electron chi connectivity index (χ4n) is 2.21. The molecule has 0 fully saturated rings. The van der Waals surface area contributed by atoms with Gasteiger partial charge in [-0.05, 0) is 19.3 Å². The van der Waals surface area contributed by atoms with Crippen molar-refractivity contribution in [1.82, 2.24) is 5.32 Å². The van der Waals surface area contributed by atoms with Gasteiger partial charge in [-0.25, -0.2) is 0 Å². The van der Waals surface area contributed by atoms with Crippen LogP contribution >= 0.6 is 0 Å². The minimum Gasteiger partial charge on any atom is -0.355 e. The van der Waals surface area contributed by atoms with Crippen LogP contribution in [0.5, 0.6) is 0 Å². The summed E-state index contributed by atoms with van der Waals surface area (Å²) < 4.78 is 0. The third-order valence-corrected chi connectivity index (χ3v) is 3.56. The Labute approximate surface area is 123 Å². The molecule has 4 nitrogen and oxygen atoms in total. The fourth-order valence-corrected chi connectivity index (χ4v) is 2.21. The molecular formula is C16H27N3O. The quantitative estimate of drug-likeness (QED) is 0.585. The highest BCUT2D eigenvalue weighted by atomic mass is 16.2. The summed E-state index contributed by atoms with van der Waals surface area (Å²) in [6, 6.07) is 4.33. The molecule has 0 aromatic rings. The topological polar surface area (TPSA) is 76.7 Å². The van der Waals surface area contributed by atoms with E-state index in [9.17, 15) is 10.1 Å². The van der Waals surface area contributed by atoms with Gasteiger partial charge in [-0.15, -0.1) is 0 Å². The lowest BCUT2D eigenvalue weighted by atomic mass is 9.78. The molecule has 0 rings (SSSR count). The standard InChI is InChI=1S/C16H27N3O/c1-3-5-7-11-16(14-18,10-6-4-2)15(20)19-13-9-8-12-17/h3-11,13H2,1-2H3,(H,19,20). The molecule has 112 valence electrons. The van der Waals surface area contributed by atoms with E-state index < -0.39 is 5.41 Å². The predicted molar refractivity (Wildman–Crippen MR) is 79.6 cm³/mol. The van der Waals surface area contributed by atoms with Crippen LogP contribution < -0.4 is 5.32 Å². The Kier molecular flexibility index (Phi) is 10.4. The number of unbranched alkanes of at least 4 members (excludes halogenated alkanes) is 4. The third-order valence-electron chi connectivity index (χ3n) is 3.56. The molecule has 0 spiro atoms. The van der Waals surface area contributed by atoms with Gasteiger partial charge in [0.25, 0.3) is 0 Å². The van der Waals surface area contributed by atoms with Crippen LogP contribution in [0.4, 0.5) is 0 Å². The van der Waals surface area contributed by atoms with Crippen LogP contribution in [0.3, 0.4) is 0 Å². The Morgan fingerprint density at radius 3 is 2.25 bits per heavy atom. The molecule has 0 aromatic heterocycles. The number of amides is 1. The Morgan fingerprint density at radius 1 is 1.05 bits per heavy atom. The van der Waals surface area contributed by atoms with Crippen LogP contribution in [-0.2, 0) is 4.79 Å². The first-order chi connectivity index (χ1) is 9.66. The maximum absolute atomic E-state index is 12.3. The van der Waals surface area contributed by atoms with Crippen molar-refractivity contribution in [2.45, 2.75) is 71.6 Å². The van der Waals surface area contributed by atoms with E-state index >= 15 is 0 Å². The van der Waals surface area contributed by atoms with E-state index in [1.165, 1.54) is 0 Å². The molecule has 1 atom stereocenters. The lowest BCUT2D eigenvalue weighted by molar-refractivity contribution is -0.129. The summed E-state index contributed by atoms with van der Waals surface area (Å²) in [7, 11) is 0. The van der Waals surface area contributed by atoms with E-state index in [1.54, 1.807) is 0 Å². The number of hydrogen-bond donors (Lipinski definition) is 1. The van der Waals surface area contributed by atoms with E-state index in [0.717, 1.165) is 32.1 Å². The average Bonchev–Trinajstić information content (AvgIpc) is 2.47. The van der Waals surface area contributed by atoms with Gasteiger partial charge in [-0.3, -0.25) is 4.79 Å². The fraction of sp³-hybridized carbons (Fsp3) is 0.812. The molecule has 4 heteroatoms. The minimum absolute atomic E-state index is 0.150. The summed E-state index contributed by atoms with van der Waals surface area (Å²) in [5.41, 5.74) is -0.877. The van der Waals surface area contributed by atoms with Crippen molar-refractivity contribution < 1.29 is 4.79 Å². The van der Waals surface area contributed by atoms with Crippen LogP contribution in [0.25, 0.3) is 0 Å². The lowest BCUT2D eigenvalue weighted by Gasteiger charge is -2.25. The molecule has 0 saturated carbocycles. The van der Waals surface area contributed by atoms with Crippen LogP contribution in [0.15, 0.2) is 0 Å². The normalized spacial score (nSPS) is 13.0. The number of hydrogen-bond acceptors (Lipinski definition) is 3. The van der Waals surface area contributed by atoms with Crippen molar-refractivity contribution in [1.29, 1.82) is 10.5 Å². The number of nitrogens with one attached hydrogen (secondary N) is 1. The summed E-state index contributed by atoms with van der Waals surface area (Å²) >= 11 is 0. The smallest absolute Gasteiger partial charge is 0.240 e. The van der Waals surface area contributed by atoms with Gasteiger partial charge in [0.15, 0.2) is 0 Å². The summed E-state index contributed by atoms with van der Waals surface area (Å²) in [6.07, 6.45) is 7.28. The zero-order valence-corrected chi connectivity index (χ0v) is 12.9. The molecule has 1 amide bonds. The Bertz CT molecular complexity index is 354. The second-order valence-corrected chi connectivity index (χ2v) is 5.27. The maximum atomic E-state index is 12.3. The first kappa shape index (κ1) is 18.4. The maximum Gasteiger partial charge on any atom is 0.240 e. The van der Waals surface area contributed by atoms with Gasteiger partial charge in [0, 0.05) is 13.0 Å². The summed E-state index contributed by atoms with van der Waals surface area (Å²) in [5, 5.41) is 20.8. The SMILES string of the molecule is CCCCCC(C#N)(CCCC)C(=O)NCCCC#N. The summed E-state index contributed by atoms with van der Waals surface area (Å²) in [4.78, 5) is 12.3. The highest BCUT2D eigenvalue weighted by Crippen LogP contribution is 2.31. The first-order valence-electron chi connectivity index (χ1n) is 7.73. The summed E-state index contributed by atoms with van der Waals surface area (Å²) in [6.45, 7) is 4.66. The third kappa shape index (κ3) is 6.57. The van der Waals surface area contributed by atoms with Crippen LogP contribution in [0.2, 0.25) is 0 Å². The molecule has 1 unspecified atom stereocenters. The van der Waals surface area contributed by atoms with Crippen molar-refractivity contribution in [2.24, 2.45) is 5.41 Å². The molecule has 0 saturated heterocycles. The van der Waals surface area contributed by atoms with Crippen molar-refractivity contribution >= 4 is 5.91 Å². The number of carbonyl (C=O) groups is 1. The van der Waals surface area contributed by atoms with E-state index in [-0.39, 0.29) is 5.91 Å². The van der Waals surface area contributed by atoms with Gasteiger partial charge in [0.05, 0.1) is 12.1 Å². The molecule has 1 N–H and O–H groups in total. The van der Waals surface area contributed by atoms with Crippen LogP contribution in [-0.4, -0.2) is 12.5 Å².